The van der Waals surface area contributed by atoms with Gasteiger partial charge in [-0.2, -0.15) is 0 Å². The third-order valence-electron chi connectivity index (χ3n) is 7.47. The molecule has 2 unspecified atom stereocenters. The second kappa shape index (κ2) is 8.17. The van der Waals surface area contributed by atoms with Gasteiger partial charge in [-0.25, -0.2) is 0 Å². The van der Waals surface area contributed by atoms with E-state index in [0.717, 1.165) is 4.88 Å². The van der Waals surface area contributed by atoms with Crippen molar-refractivity contribution in [3.63, 3.8) is 0 Å². The Kier molecular flexibility index (Phi) is 5.56. The van der Waals surface area contributed by atoms with E-state index in [9.17, 15) is 34.8 Å². The van der Waals surface area contributed by atoms with Crippen LogP contribution in [0.5, 0.6) is 5.75 Å². The Morgan fingerprint density at radius 3 is 2.47 bits per heavy atom. The molecular formula is C25H23ClN2O7S. The molecule has 11 heteroatoms. The van der Waals surface area contributed by atoms with Crippen molar-refractivity contribution in [1.82, 2.24) is 4.90 Å². The first-order valence-electron chi connectivity index (χ1n) is 11.1. The van der Waals surface area contributed by atoms with Gasteiger partial charge in [0, 0.05) is 11.5 Å². The maximum Gasteiger partial charge on any atom is 0.255 e. The number of aromatic hydroxyl groups is 1. The molecule has 1 amide bonds. The van der Waals surface area contributed by atoms with Crippen LogP contribution in [0.1, 0.15) is 17.5 Å². The summed E-state index contributed by atoms with van der Waals surface area (Å²) < 4.78 is 0. The average Bonchev–Trinajstić information content (AvgIpc) is 3.21. The fraction of sp³-hybridized carbons (Fsp3) is 0.320. The number of phenols is 1. The number of benzene rings is 1. The van der Waals surface area contributed by atoms with E-state index < -0.39 is 58.0 Å². The zero-order valence-corrected chi connectivity index (χ0v) is 20.9. The van der Waals surface area contributed by atoms with Crippen LogP contribution >= 0.6 is 22.9 Å². The highest BCUT2D eigenvalue weighted by Crippen LogP contribution is 2.54. The van der Waals surface area contributed by atoms with Gasteiger partial charge in [-0.05, 0) is 67.6 Å². The Morgan fingerprint density at radius 1 is 1.19 bits per heavy atom. The second-order valence-corrected chi connectivity index (χ2v) is 10.9. The molecule has 0 radical (unpaired) electrons. The lowest BCUT2D eigenvalue weighted by molar-refractivity contribution is -0.153. The van der Waals surface area contributed by atoms with E-state index in [2.05, 4.69) is 0 Å². The number of primary amides is 1. The molecule has 5 rings (SSSR count). The summed E-state index contributed by atoms with van der Waals surface area (Å²) in [5.74, 6) is -6.77. The number of nitrogens with zero attached hydrogens (tertiary/aromatic N) is 1. The van der Waals surface area contributed by atoms with Crippen molar-refractivity contribution in [1.29, 1.82) is 0 Å². The highest BCUT2D eigenvalue weighted by atomic mass is 35.5. The number of carbonyl (C=O) groups is 3. The molecule has 1 aromatic carbocycles. The van der Waals surface area contributed by atoms with Gasteiger partial charge in [-0.15, -0.1) is 11.3 Å². The molecule has 188 valence electrons. The second-order valence-electron chi connectivity index (χ2n) is 9.55. The quantitative estimate of drug-likeness (QED) is 0.378. The zero-order chi connectivity index (χ0) is 26.3. The number of likely N-dealkylation sites (N-methyl/N-ethyl adjacent to an activating group) is 1. The normalized spacial score (nSPS) is 27.8. The smallest absolute Gasteiger partial charge is 0.255 e. The van der Waals surface area contributed by atoms with Crippen LogP contribution in [0.3, 0.4) is 0 Å². The summed E-state index contributed by atoms with van der Waals surface area (Å²) in [6, 6.07) is 3.68. The first-order valence-corrected chi connectivity index (χ1v) is 12.4. The number of thiophene rings is 1. The maximum atomic E-state index is 13.8. The van der Waals surface area contributed by atoms with Gasteiger partial charge >= 0.3 is 0 Å². The number of halogens is 1. The van der Waals surface area contributed by atoms with Crippen molar-refractivity contribution in [3.05, 3.63) is 56.6 Å². The number of nitrogens with two attached hydrogens (primary N) is 1. The Morgan fingerprint density at radius 2 is 1.89 bits per heavy atom. The molecule has 4 atom stereocenters. The highest BCUT2D eigenvalue weighted by molar-refractivity contribution is 7.14. The van der Waals surface area contributed by atoms with Crippen molar-refractivity contribution < 1.29 is 34.8 Å². The molecule has 0 saturated heterocycles. The van der Waals surface area contributed by atoms with E-state index in [1.807, 2.05) is 5.38 Å². The van der Waals surface area contributed by atoms with Crippen LogP contribution in [0.2, 0.25) is 5.02 Å². The Balaban J connectivity index is 1.76. The minimum absolute atomic E-state index is 0.0268. The topological polar surface area (TPSA) is 161 Å². The molecule has 1 fully saturated rings. The van der Waals surface area contributed by atoms with Crippen molar-refractivity contribution in [2.45, 2.75) is 24.5 Å². The Labute approximate surface area is 214 Å². The van der Waals surface area contributed by atoms with Crippen LogP contribution in [0.4, 0.5) is 0 Å². The third kappa shape index (κ3) is 3.11. The monoisotopic (exact) mass is 530 g/mol. The SMILES string of the molecule is CN(C)[C@@H]1C(=O)C(C(N)=O)=C(O)[C@@]2(O)C(=O)C3=C(O)c4c(O)ccc(-c5sccc5Cl)c4CC3CC12. The van der Waals surface area contributed by atoms with Gasteiger partial charge in [-0.3, -0.25) is 19.3 Å². The number of hydrogen-bond acceptors (Lipinski definition) is 9. The Hall–Kier alpha value is -3.18. The van der Waals surface area contributed by atoms with E-state index in [4.69, 9.17) is 17.3 Å². The summed E-state index contributed by atoms with van der Waals surface area (Å²) in [6.45, 7) is 0. The van der Waals surface area contributed by atoms with Crippen LogP contribution in [0, 0.1) is 11.8 Å². The molecule has 36 heavy (non-hydrogen) atoms. The molecule has 1 heterocycles. The molecule has 1 saturated carbocycles. The van der Waals surface area contributed by atoms with Gasteiger partial charge in [-0.1, -0.05) is 11.6 Å². The first kappa shape index (κ1) is 24.5. The van der Waals surface area contributed by atoms with Crippen molar-refractivity contribution in [2.24, 2.45) is 17.6 Å². The number of Topliss-reactive ketones (excluding diaryl/α,β-unsaturated/α-hetero) is 2. The van der Waals surface area contributed by atoms with Gasteiger partial charge in [0.25, 0.3) is 5.91 Å². The molecular weight excluding hydrogens is 508 g/mol. The summed E-state index contributed by atoms with van der Waals surface area (Å²) in [6.07, 6.45) is 0.228. The Bertz CT molecular complexity index is 1430. The lowest BCUT2D eigenvalue weighted by atomic mass is 9.57. The molecule has 2 aromatic rings. The zero-order valence-electron chi connectivity index (χ0n) is 19.3. The van der Waals surface area contributed by atoms with Crippen LogP contribution in [0.25, 0.3) is 16.2 Å². The lowest BCUT2D eigenvalue weighted by Crippen LogP contribution is -2.65. The minimum Gasteiger partial charge on any atom is -0.508 e. The van der Waals surface area contributed by atoms with Gasteiger partial charge in [0.2, 0.25) is 5.78 Å². The number of fused-ring (bicyclic) bond motifs is 3. The maximum absolute atomic E-state index is 13.8. The molecule has 9 nitrogen and oxygen atoms in total. The third-order valence-corrected chi connectivity index (χ3v) is 8.84. The van der Waals surface area contributed by atoms with Crippen LogP contribution in [-0.2, 0) is 20.8 Å². The van der Waals surface area contributed by atoms with E-state index in [0.29, 0.717) is 16.1 Å². The van der Waals surface area contributed by atoms with E-state index >= 15 is 0 Å². The summed E-state index contributed by atoms with van der Waals surface area (Å²) >= 11 is 7.75. The highest BCUT2D eigenvalue weighted by Gasteiger charge is 2.64. The number of rotatable bonds is 3. The first-order chi connectivity index (χ1) is 16.9. The number of aliphatic hydroxyl groups is 3. The van der Waals surface area contributed by atoms with Crippen molar-refractivity contribution in [3.8, 4) is 16.2 Å². The predicted octanol–water partition coefficient (Wildman–Crippen LogP) is 2.35. The van der Waals surface area contributed by atoms with Gasteiger partial charge in [0.05, 0.1) is 21.5 Å². The largest absolute Gasteiger partial charge is 0.508 e. The van der Waals surface area contributed by atoms with E-state index in [1.165, 1.54) is 22.3 Å². The molecule has 0 aliphatic heterocycles. The fourth-order valence-electron chi connectivity index (χ4n) is 5.94. The fourth-order valence-corrected chi connectivity index (χ4v) is 7.15. The molecule has 6 N–H and O–H groups in total. The van der Waals surface area contributed by atoms with Gasteiger partial charge in [0.15, 0.2) is 11.4 Å². The number of hydrogen-bond donors (Lipinski definition) is 5. The van der Waals surface area contributed by atoms with Gasteiger partial charge < -0.3 is 26.2 Å². The number of aliphatic hydroxyl groups excluding tert-OH is 2. The van der Waals surface area contributed by atoms with Gasteiger partial charge in [0.1, 0.15) is 22.8 Å². The standard InChI is InChI=1S/C25H23ClN2O7S/c1-28(2)18-12-8-9-7-11-10(21-13(26)5-6-36-21)3-4-14(29)16(11)19(30)15(9)22(32)25(12,35)23(33)17(20(18)31)24(27)34/h3-6,9,12,18,29-30,33,35H,7-8H2,1-2H3,(H2,27,34)/t9?,12?,18-,25-/m0/s1. The summed E-state index contributed by atoms with van der Waals surface area (Å²) in [4.78, 5) is 41.2. The molecule has 0 bridgehead atoms. The van der Waals surface area contributed by atoms with Crippen LogP contribution in [0.15, 0.2) is 40.5 Å². The summed E-state index contributed by atoms with van der Waals surface area (Å²) in [7, 11) is 3.12. The van der Waals surface area contributed by atoms with E-state index in [-0.39, 0.29) is 29.7 Å². The van der Waals surface area contributed by atoms with Crippen molar-refractivity contribution >= 4 is 46.2 Å². The summed E-state index contributed by atoms with van der Waals surface area (Å²) in [5, 5.41) is 46.7. The summed E-state index contributed by atoms with van der Waals surface area (Å²) in [5.41, 5.74) is 2.94. The number of ketones is 2. The number of carbonyl (C=O) groups excluding carboxylic acids is 3. The average molecular weight is 531 g/mol. The molecule has 3 aliphatic rings. The van der Waals surface area contributed by atoms with Crippen LogP contribution in [-0.4, -0.2) is 68.5 Å². The van der Waals surface area contributed by atoms with Crippen molar-refractivity contribution in [2.75, 3.05) is 14.1 Å². The van der Waals surface area contributed by atoms with Crippen LogP contribution < -0.4 is 5.73 Å². The molecule has 1 aromatic heterocycles. The number of amides is 1. The minimum atomic E-state index is -2.66. The molecule has 0 spiro atoms. The predicted molar refractivity (Wildman–Crippen MR) is 133 cm³/mol. The molecule has 3 aliphatic carbocycles. The lowest BCUT2D eigenvalue weighted by Gasteiger charge is -2.50. The van der Waals surface area contributed by atoms with E-state index in [1.54, 1.807) is 26.2 Å². The number of phenolic OH excluding ortho intramolecular Hbond substituents is 1.